The number of piperidine rings is 1. The second kappa shape index (κ2) is 6.95. The van der Waals surface area contributed by atoms with Crippen LogP contribution in [0.25, 0.3) is 0 Å². The molecule has 0 spiro atoms. The number of terminal acetylenes is 1. The van der Waals surface area contributed by atoms with Gasteiger partial charge in [0.25, 0.3) is 0 Å². The Balaban J connectivity index is 2.11. The van der Waals surface area contributed by atoms with E-state index in [1.54, 1.807) is 16.8 Å². The normalized spacial score (nSPS) is 17.5. The number of likely N-dealkylation sites (tertiary alicyclic amines) is 1. The number of amides is 2. The van der Waals surface area contributed by atoms with Crippen LogP contribution >= 0.6 is 0 Å². The smallest absolute Gasteiger partial charge is 0.245 e. The van der Waals surface area contributed by atoms with Gasteiger partial charge in [0.1, 0.15) is 0 Å². The zero-order chi connectivity index (χ0) is 16.1. The van der Waals surface area contributed by atoms with Crippen molar-refractivity contribution in [2.75, 3.05) is 25.0 Å². The first-order valence-electron chi connectivity index (χ1n) is 7.32. The van der Waals surface area contributed by atoms with Crippen molar-refractivity contribution in [2.24, 2.45) is 5.92 Å². The third kappa shape index (κ3) is 3.37. The molecule has 114 valence electrons. The number of hydrogen-bond acceptors (Lipinski definition) is 2. The number of carbonyl (C=O) groups excluding carboxylic acids is 2. The maximum Gasteiger partial charge on any atom is 0.245 e. The molecule has 0 aliphatic carbocycles. The van der Waals surface area contributed by atoms with Crippen LogP contribution < -0.4 is 4.90 Å². The largest absolute Gasteiger partial charge is 0.338 e. The van der Waals surface area contributed by atoms with Crippen molar-refractivity contribution in [3.05, 3.63) is 42.5 Å². The number of anilines is 1. The Morgan fingerprint density at radius 2 is 2.27 bits per heavy atom. The molecule has 1 aromatic rings. The summed E-state index contributed by atoms with van der Waals surface area (Å²) in [6, 6.07) is 7.33. The second-order valence-corrected chi connectivity index (χ2v) is 5.42. The predicted molar refractivity (Wildman–Crippen MR) is 87.3 cm³/mol. The first-order chi connectivity index (χ1) is 10.6. The Kier molecular flexibility index (Phi) is 5.00. The number of benzene rings is 1. The molecule has 0 bridgehead atoms. The molecule has 2 amide bonds. The van der Waals surface area contributed by atoms with E-state index in [1.165, 1.54) is 6.08 Å². The van der Waals surface area contributed by atoms with Crippen molar-refractivity contribution in [3.63, 3.8) is 0 Å². The topological polar surface area (TPSA) is 40.6 Å². The highest BCUT2D eigenvalue weighted by atomic mass is 16.2. The van der Waals surface area contributed by atoms with Crippen LogP contribution in [0.5, 0.6) is 0 Å². The first-order valence-corrected chi connectivity index (χ1v) is 7.32. The van der Waals surface area contributed by atoms with Gasteiger partial charge in [-0.25, -0.2) is 0 Å². The fourth-order valence-corrected chi connectivity index (χ4v) is 2.71. The summed E-state index contributed by atoms with van der Waals surface area (Å²) >= 11 is 0. The molecule has 0 aromatic heterocycles. The summed E-state index contributed by atoms with van der Waals surface area (Å²) in [7, 11) is 1.74. The number of nitrogens with zero attached hydrogens (tertiary/aromatic N) is 2. The van der Waals surface area contributed by atoms with Crippen LogP contribution in [0.4, 0.5) is 5.69 Å². The van der Waals surface area contributed by atoms with E-state index >= 15 is 0 Å². The molecule has 1 atom stereocenters. The van der Waals surface area contributed by atoms with Gasteiger partial charge in [0.2, 0.25) is 11.8 Å². The Morgan fingerprint density at radius 3 is 2.95 bits per heavy atom. The molecular weight excluding hydrogens is 276 g/mol. The number of rotatable bonds is 3. The van der Waals surface area contributed by atoms with Crippen molar-refractivity contribution in [2.45, 2.75) is 12.8 Å². The van der Waals surface area contributed by atoms with Crippen molar-refractivity contribution >= 4 is 17.5 Å². The summed E-state index contributed by atoms with van der Waals surface area (Å²) in [5, 5.41) is 0. The average molecular weight is 296 g/mol. The summed E-state index contributed by atoms with van der Waals surface area (Å²) in [6.45, 7) is 4.63. The van der Waals surface area contributed by atoms with Crippen LogP contribution in [-0.4, -0.2) is 36.9 Å². The van der Waals surface area contributed by atoms with Gasteiger partial charge in [0, 0.05) is 31.4 Å². The molecule has 1 saturated heterocycles. The van der Waals surface area contributed by atoms with Crippen LogP contribution in [0.3, 0.4) is 0 Å². The Morgan fingerprint density at radius 1 is 1.50 bits per heavy atom. The van der Waals surface area contributed by atoms with Gasteiger partial charge in [0.15, 0.2) is 0 Å². The molecule has 0 saturated carbocycles. The third-order valence-corrected chi connectivity index (χ3v) is 3.99. The van der Waals surface area contributed by atoms with Gasteiger partial charge < -0.3 is 9.80 Å². The van der Waals surface area contributed by atoms with Gasteiger partial charge in [-0.1, -0.05) is 18.6 Å². The van der Waals surface area contributed by atoms with Crippen LogP contribution in [0, 0.1) is 18.3 Å². The van der Waals surface area contributed by atoms with E-state index in [9.17, 15) is 9.59 Å². The van der Waals surface area contributed by atoms with Crippen LogP contribution in [0.15, 0.2) is 36.9 Å². The van der Waals surface area contributed by atoms with Crippen LogP contribution in [0.1, 0.15) is 18.4 Å². The molecular formula is C18H20N2O2. The molecule has 1 aromatic carbocycles. The van der Waals surface area contributed by atoms with E-state index in [0.717, 1.165) is 24.1 Å². The van der Waals surface area contributed by atoms with Crippen molar-refractivity contribution < 1.29 is 9.59 Å². The Bertz CT molecular complexity index is 630. The minimum absolute atomic E-state index is 0.00994. The van der Waals surface area contributed by atoms with E-state index in [2.05, 4.69) is 12.5 Å². The monoisotopic (exact) mass is 296 g/mol. The molecule has 1 unspecified atom stereocenters. The van der Waals surface area contributed by atoms with Gasteiger partial charge in [-0.15, -0.1) is 6.42 Å². The summed E-state index contributed by atoms with van der Waals surface area (Å²) in [5.74, 6) is 2.28. The van der Waals surface area contributed by atoms with E-state index in [-0.39, 0.29) is 17.7 Å². The standard InChI is InChI=1S/C18H20N2O2/c1-4-14-8-6-10-16(12-14)19(3)18(22)15-9-7-11-20(13-15)17(21)5-2/h1,5-6,8,10,12,15H,2,7,9,11,13H2,3H3. The van der Waals surface area contributed by atoms with Crippen molar-refractivity contribution in [3.8, 4) is 12.3 Å². The summed E-state index contributed by atoms with van der Waals surface area (Å²) in [6.07, 6.45) is 8.31. The predicted octanol–water partition coefficient (Wildman–Crippen LogP) is 2.06. The lowest BCUT2D eigenvalue weighted by atomic mass is 9.96. The van der Waals surface area contributed by atoms with Gasteiger partial charge in [-0.05, 0) is 37.1 Å². The van der Waals surface area contributed by atoms with Crippen molar-refractivity contribution in [1.29, 1.82) is 0 Å². The zero-order valence-electron chi connectivity index (χ0n) is 12.8. The van der Waals surface area contributed by atoms with Gasteiger partial charge >= 0.3 is 0 Å². The lowest BCUT2D eigenvalue weighted by Crippen LogP contribution is -2.45. The van der Waals surface area contributed by atoms with E-state index in [0.29, 0.717) is 13.1 Å². The maximum absolute atomic E-state index is 12.7. The van der Waals surface area contributed by atoms with Crippen molar-refractivity contribution in [1.82, 2.24) is 4.90 Å². The molecule has 1 heterocycles. The minimum atomic E-state index is -0.183. The molecule has 22 heavy (non-hydrogen) atoms. The van der Waals surface area contributed by atoms with E-state index < -0.39 is 0 Å². The lowest BCUT2D eigenvalue weighted by molar-refractivity contribution is -0.130. The molecule has 4 heteroatoms. The van der Waals surface area contributed by atoms with Gasteiger partial charge in [-0.3, -0.25) is 9.59 Å². The fraction of sp³-hybridized carbons (Fsp3) is 0.333. The Labute approximate surface area is 131 Å². The third-order valence-electron chi connectivity index (χ3n) is 3.99. The van der Waals surface area contributed by atoms with Gasteiger partial charge in [-0.2, -0.15) is 0 Å². The Hall–Kier alpha value is -2.54. The quantitative estimate of drug-likeness (QED) is 0.633. The van der Waals surface area contributed by atoms with Crippen LogP contribution in [-0.2, 0) is 9.59 Å². The summed E-state index contributed by atoms with van der Waals surface area (Å²) < 4.78 is 0. The molecule has 1 aliphatic rings. The SMILES string of the molecule is C#Cc1cccc(N(C)C(=O)C2CCCN(C(=O)C=C)C2)c1. The summed E-state index contributed by atoms with van der Waals surface area (Å²) in [4.78, 5) is 27.7. The first kappa shape index (κ1) is 15.8. The fourth-order valence-electron chi connectivity index (χ4n) is 2.71. The molecule has 2 rings (SSSR count). The number of carbonyl (C=O) groups is 2. The van der Waals surface area contributed by atoms with Crippen LogP contribution in [0.2, 0.25) is 0 Å². The molecule has 1 fully saturated rings. The molecule has 1 aliphatic heterocycles. The molecule has 4 nitrogen and oxygen atoms in total. The molecule has 0 N–H and O–H groups in total. The summed E-state index contributed by atoms with van der Waals surface area (Å²) in [5.41, 5.74) is 1.51. The highest BCUT2D eigenvalue weighted by molar-refractivity contribution is 5.95. The van der Waals surface area contributed by atoms with E-state index in [1.807, 2.05) is 24.3 Å². The lowest BCUT2D eigenvalue weighted by Gasteiger charge is -2.33. The molecule has 0 radical (unpaired) electrons. The zero-order valence-corrected chi connectivity index (χ0v) is 12.8. The second-order valence-electron chi connectivity index (χ2n) is 5.42. The minimum Gasteiger partial charge on any atom is -0.338 e. The van der Waals surface area contributed by atoms with E-state index in [4.69, 9.17) is 6.42 Å². The highest BCUT2D eigenvalue weighted by Gasteiger charge is 2.29. The maximum atomic E-state index is 12.7. The highest BCUT2D eigenvalue weighted by Crippen LogP contribution is 2.22. The number of hydrogen-bond donors (Lipinski definition) is 0. The average Bonchev–Trinajstić information content (AvgIpc) is 2.59. The van der Waals surface area contributed by atoms with Gasteiger partial charge in [0.05, 0.1) is 5.92 Å².